The zero-order valence-corrected chi connectivity index (χ0v) is 16.3. The van der Waals surface area contributed by atoms with E-state index >= 15 is 0 Å². The molecule has 1 saturated heterocycles. The molecule has 6 heteroatoms. The van der Waals surface area contributed by atoms with E-state index in [-0.39, 0.29) is 0 Å². The molecule has 1 fully saturated rings. The van der Waals surface area contributed by atoms with Gasteiger partial charge >= 0.3 is 0 Å². The molecular weight excluding hydrogens is 350 g/mol. The number of piperazine rings is 1. The van der Waals surface area contributed by atoms with Crippen LogP contribution in [-0.4, -0.2) is 52.6 Å². The van der Waals surface area contributed by atoms with Gasteiger partial charge in [0.2, 0.25) is 0 Å². The van der Waals surface area contributed by atoms with Gasteiger partial charge in [0.25, 0.3) is 0 Å². The summed E-state index contributed by atoms with van der Waals surface area (Å²) in [5, 5.41) is 0. The number of hydrogen-bond acceptors (Lipinski definition) is 6. The average Bonchev–Trinajstić information content (AvgIpc) is 2.76. The van der Waals surface area contributed by atoms with Crippen LogP contribution in [0.5, 0.6) is 5.75 Å². The molecule has 3 aromatic rings. The highest BCUT2D eigenvalue weighted by Gasteiger charge is 2.25. The molecule has 144 valence electrons. The number of ether oxygens (including phenoxy) is 1. The van der Waals surface area contributed by atoms with Gasteiger partial charge in [0.15, 0.2) is 5.82 Å². The van der Waals surface area contributed by atoms with Gasteiger partial charge in [-0.05, 0) is 31.2 Å². The summed E-state index contributed by atoms with van der Waals surface area (Å²) in [7, 11) is 1.73. The Morgan fingerprint density at radius 2 is 1.79 bits per heavy atom. The van der Waals surface area contributed by atoms with Crippen molar-refractivity contribution in [3.8, 4) is 17.3 Å². The second-order valence-electron chi connectivity index (χ2n) is 7.07. The summed E-state index contributed by atoms with van der Waals surface area (Å²) in [4.78, 5) is 18.2. The Balaban J connectivity index is 1.40. The molecular formula is C22H25N5O. The number of anilines is 1. The smallest absolute Gasteiger partial charge is 0.178 e. The van der Waals surface area contributed by atoms with Crippen molar-refractivity contribution in [1.82, 2.24) is 19.9 Å². The van der Waals surface area contributed by atoms with E-state index in [0.717, 1.165) is 43.2 Å². The van der Waals surface area contributed by atoms with Gasteiger partial charge < -0.3 is 9.64 Å². The van der Waals surface area contributed by atoms with E-state index in [2.05, 4.69) is 43.8 Å². The van der Waals surface area contributed by atoms with Crippen LogP contribution in [0.2, 0.25) is 0 Å². The maximum atomic E-state index is 5.53. The highest BCUT2D eigenvalue weighted by atomic mass is 16.5. The van der Waals surface area contributed by atoms with E-state index in [9.17, 15) is 0 Å². The lowest BCUT2D eigenvalue weighted by molar-refractivity contribution is 0.180. The van der Waals surface area contributed by atoms with Crippen molar-refractivity contribution in [1.29, 1.82) is 0 Å². The molecule has 4 rings (SSSR count). The first kappa shape index (κ1) is 18.4. The molecule has 0 spiro atoms. The van der Waals surface area contributed by atoms with Crippen LogP contribution >= 0.6 is 0 Å². The normalized spacial score (nSPS) is 17.5. The molecule has 1 aromatic carbocycles. The molecule has 0 radical (unpaired) electrons. The van der Waals surface area contributed by atoms with Gasteiger partial charge in [-0.3, -0.25) is 9.88 Å². The zero-order valence-electron chi connectivity index (χ0n) is 16.3. The molecule has 0 unspecified atom stereocenters. The van der Waals surface area contributed by atoms with E-state index in [1.165, 1.54) is 5.69 Å². The van der Waals surface area contributed by atoms with Crippen LogP contribution in [0, 0.1) is 0 Å². The lowest BCUT2D eigenvalue weighted by Crippen LogP contribution is -2.51. The third-order valence-corrected chi connectivity index (χ3v) is 5.18. The van der Waals surface area contributed by atoms with Crippen molar-refractivity contribution in [2.45, 2.75) is 19.5 Å². The molecule has 28 heavy (non-hydrogen) atoms. The summed E-state index contributed by atoms with van der Waals surface area (Å²) in [6, 6.07) is 14.4. The molecule has 0 aliphatic carbocycles. The fourth-order valence-electron chi connectivity index (χ4n) is 3.64. The van der Waals surface area contributed by atoms with Crippen LogP contribution in [-0.2, 0) is 6.54 Å². The van der Waals surface area contributed by atoms with Crippen LogP contribution in [0.15, 0.2) is 61.1 Å². The Kier molecular flexibility index (Phi) is 5.48. The molecule has 2 aromatic heterocycles. The third-order valence-electron chi connectivity index (χ3n) is 5.18. The predicted molar refractivity (Wildman–Crippen MR) is 110 cm³/mol. The number of aromatic nitrogens is 3. The van der Waals surface area contributed by atoms with Crippen molar-refractivity contribution in [3.63, 3.8) is 0 Å². The van der Waals surface area contributed by atoms with Gasteiger partial charge in [0.05, 0.1) is 12.8 Å². The lowest BCUT2D eigenvalue weighted by atomic mass is 10.1. The molecule has 6 nitrogen and oxygen atoms in total. The Hall–Kier alpha value is -2.99. The molecule has 1 aliphatic rings. The summed E-state index contributed by atoms with van der Waals surface area (Å²) in [6.45, 7) is 6.04. The number of nitrogens with zero attached hydrogens (tertiary/aromatic N) is 5. The van der Waals surface area contributed by atoms with Gasteiger partial charge in [-0.25, -0.2) is 9.97 Å². The molecule has 1 atom stereocenters. The van der Waals surface area contributed by atoms with Gasteiger partial charge in [-0.1, -0.05) is 18.2 Å². The fourth-order valence-corrected chi connectivity index (χ4v) is 3.64. The maximum Gasteiger partial charge on any atom is 0.178 e. The second-order valence-corrected chi connectivity index (χ2v) is 7.07. The lowest BCUT2D eigenvalue weighted by Gasteiger charge is -2.41. The van der Waals surface area contributed by atoms with E-state index in [1.54, 1.807) is 13.3 Å². The Labute approximate surface area is 165 Å². The van der Waals surface area contributed by atoms with E-state index in [4.69, 9.17) is 4.74 Å². The first-order valence-corrected chi connectivity index (χ1v) is 9.59. The summed E-state index contributed by atoms with van der Waals surface area (Å²) in [6.07, 6.45) is 5.59. The SMILES string of the molecule is COc1ccccc1N1CCN(Cc2cnc(-c3ccccn3)nc2)[C@H](C)C1. The van der Waals surface area contributed by atoms with Crippen LogP contribution in [0.3, 0.4) is 0 Å². The van der Waals surface area contributed by atoms with Gasteiger partial charge in [0.1, 0.15) is 11.4 Å². The van der Waals surface area contributed by atoms with Gasteiger partial charge in [0, 0.05) is 56.4 Å². The topological polar surface area (TPSA) is 54.4 Å². The molecule has 0 amide bonds. The van der Waals surface area contributed by atoms with Crippen molar-refractivity contribution >= 4 is 5.69 Å². The fraction of sp³-hybridized carbons (Fsp3) is 0.318. The monoisotopic (exact) mass is 375 g/mol. The quantitative estimate of drug-likeness (QED) is 0.682. The minimum Gasteiger partial charge on any atom is -0.495 e. The molecule has 3 heterocycles. The predicted octanol–water partition coefficient (Wildman–Crippen LogP) is 3.26. The zero-order chi connectivity index (χ0) is 19.3. The van der Waals surface area contributed by atoms with E-state index < -0.39 is 0 Å². The van der Waals surface area contributed by atoms with Crippen molar-refractivity contribution in [3.05, 3.63) is 66.6 Å². The molecule has 0 saturated carbocycles. The standard InChI is InChI=1S/C22H25N5O/c1-17-15-27(20-8-3-4-9-21(20)28-2)12-11-26(17)16-18-13-24-22(25-14-18)19-7-5-6-10-23-19/h3-10,13-14,17H,11-12,15-16H2,1-2H3/t17-/m1/s1. The summed E-state index contributed by atoms with van der Waals surface area (Å²) < 4.78 is 5.53. The highest BCUT2D eigenvalue weighted by molar-refractivity contribution is 5.58. The number of rotatable bonds is 5. The molecule has 0 N–H and O–H groups in total. The number of para-hydroxylation sites is 2. The Bertz CT molecular complexity index is 900. The summed E-state index contributed by atoms with van der Waals surface area (Å²) in [5.41, 5.74) is 3.09. The minimum absolute atomic E-state index is 0.425. The van der Waals surface area contributed by atoms with Crippen molar-refractivity contribution in [2.24, 2.45) is 0 Å². The third kappa shape index (κ3) is 3.97. The minimum atomic E-state index is 0.425. The van der Waals surface area contributed by atoms with E-state index in [0.29, 0.717) is 11.9 Å². The first-order valence-electron chi connectivity index (χ1n) is 9.59. The van der Waals surface area contributed by atoms with Crippen LogP contribution in [0.25, 0.3) is 11.5 Å². The first-order chi connectivity index (χ1) is 13.7. The largest absolute Gasteiger partial charge is 0.495 e. The van der Waals surface area contributed by atoms with Crippen LogP contribution < -0.4 is 9.64 Å². The number of benzene rings is 1. The maximum absolute atomic E-state index is 5.53. The van der Waals surface area contributed by atoms with Crippen LogP contribution in [0.1, 0.15) is 12.5 Å². The second kappa shape index (κ2) is 8.35. The highest BCUT2D eigenvalue weighted by Crippen LogP contribution is 2.29. The Morgan fingerprint density at radius 1 is 1.00 bits per heavy atom. The molecule has 1 aliphatic heterocycles. The van der Waals surface area contributed by atoms with Crippen LogP contribution in [0.4, 0.5) is 5.69 Å². The van der Waals surface area contributed by atoms with Gasteiger partial charge in [-0.15, -0.1) is 0 Å². The van der Waals surface area contributed by atoms with Gasteiger partial charge in [-0.2, -0.15) is 0 Å². The average molecular weight is 375 g/mol. The molecule has 0 bridgehead atoms. The van der Waals surface area contributed by atoms with Crippen molar-refractivity contribution < 1.29 is 4.74 Å². The Morgan fingerprint density at radius 3 is 2.50 bits per heavy atom. The summed E-state index contributed by atoms with van der Waals surface area (Å²) in [5.74, 6) is 1.60. The number of methoxy groups -OCH3 is 1. The number of hydrogen-bond donors (Lipinski definition) is 0. The van der Waals surface area contributed by atoms with Crippen molar-refractivity contribution in [2.75, 3.05) is 31.6 Å². The number of pyridine rings is 1. The van der Waals surface area contributed by atoms with E-state index in [1.807, 2.05) is 42.7 Å². The summed E-state index contributed by atoms with van der Waals surface area (Å²) >= 11 is 0.